The third-order valence-corrected chi connectivity index (χ3v) is 3.73. The summed E-state index contributed by atoms with van der Waals surface area (Å²) in [4.78, 5) is 13.4. The average molecular weight is 277 g/mol. The number of likely N-dealkylation sites (tertiary alicyclic amines) is 1. The van der Waals surface area contributed by atoms with Gasteiger partial charge in [-0.05, 0) is 50.5 Å². The molecule has 19 heavy (non-hydrogen) atoms. The van der Waals surface area contributed by atoms with Gasteiger partial charge in [0.15, 0.2) is 5.11 Å². The van der Waals surface area contributed by atoms with E-state index in [4.69, 9.17) is 18.0 Å². The van der Waals surface area contributed by atoms with Gasteiger partial charge in [-0.15, -0.1) is 0 Å². The maximum absolute atomic E-state index is 11.5. The van der Waals surface area contributed by atoms with E-state index < -0.39 is 0 Å². The fourth-order valence-corrected chi connectivity index (χ4v) is 2.64. The standard InChI is InChI=1S/C14H19N3OS/c1-10-5-7-11(8-6-10)16-14(19)17-9-3-2-4-12(17)13(15)18/h5-8,12H,2-4,9H2,1H3,(H2,15,18)(H,16,19)/t12-/m1/s1. The number of carbonyl (C=O) groups excluding carboxylic acids is 1. The molecule has 0 saturated carbocycles. The Hall–Kier alpha value is -1.62. The number of primary amides is 1. The van der Waals surface area contributed by atoms with Crippen molar-refractivity contribution in [2.45, 2.75) is 32.2 Å². The minimum Gasteiger partial charge on any atom is -0.368 e. The van der Waals surface area contributed by atoms with Gasteiger partial charge in [-0.3, -0.25) is 4.79 Å². The van der Waals surface area contributed by atoms with Gasteiger partial charge in [-0.2, -0.15) is 0 Å². The maximum Gasteiger partial charge on any atom is 0.240 e. The predicted octanol–water partition coefficient (Wildman–Crippen LogP) is 2.03. The number of amides is 1. The number of nitrogens with two attached hydrogens (primary N) is 1. The topological polar surface area (TPSA) is 58.4 Å². The zero-order valence-corrected chi connectivity index (χ0v) is 11.9. The first-order valence-electron chi connectivity index (χ1n) is 6.51. The molecule has 1 aliphatic rings. The summed E-state index contributed by atoms with van der Waals surface area (Å²) < 4.78 is 0. The van der Waals surface area contributed by atoms with E-state index in [1.54, 1.807) is 0 Å². The lowest BCUT2D eigenvalue weighted by Gasteiger charge is -2.35. The fourth-order valence-electron chi connectivity index (χ4n) is 2.30. The Labute approximate surface area is 119 Å². The van der Waals surface area contributed by atoms with E-state index in [2.05, 4.69) is 5.32 Å². The lowest BCUT2D eigenvalue weighted by atomic mass is 10.0. The van der Waals surface area contributed by atoms with Gasteiger partial charge in [-0.1, -0.05) is 17.7 Å². The summed E-state index contributed by atoms with van der Waals surface area (Å²) >= 11 is 5.39. The number of aryl methyl sites for hydroxylation is 1. The summed E-state index contributed by atoms with van der Waals surface area (Å²) in [6, 6.07) is 7.72. The van der Waals surface area contributed by atoms with Crippen LogP contribution < -0.4 is 11.1 Å². The third kappa shape index (κ3) is 3.44. The molecule has 1 aromatic rings. The van der Waals surface area contributed by atoms with Gasteiger partial charge in [0.25, 0.3) is 0 Å². The molecule has 102 valence electrons. The van der Waals surface area contributed by atoms with Crippen molar-refractivity contribution in [3.8, 4) is 0 Å². The highest BCUT2D eigenvalue weighted by atomic mass is 32.1. The number of anilines is 1. The van der Waals surface area contributed by atoms with Gasteiger partial charge in [0.1, 0.15) is 6.04 Å². The van der Waals surface area contributed by atoms with Crippen molar-refractivity contribution >= 4 is 28.9 Å². The van der Waals surface area contributed by atoms with Crippen LogP contribution in [0, 0.1) is 6.92 Å². The molecule has 0 unspecified atom stereocenters. The second-order valence-electron chi connectivity index (χ2n) is 4.90. The SMILES string of the molecule is Cc1ccc(NC(=S)N2CCCC[C@@H]2C(N)=O)cc1. The molecular weight excluding hydrogens is 258 g/mol. The Morgan fingerprint density at radius 1 is 1.37 bits per heavy atom. The first kappa shape index (κ1) is 13.8. The molecule has 4 nitrogen and oxygen atoms in total. The molecule has 0 spiro atoms. The highest BCUT2D eigenvalue weighted by Crippen LogP contribution is 2.18. The molecular formula is C14H19N3OS. The van der Waals surface area contributed by atoms with E-state index in [1.165, 1.54) is 5.56 Å². The molecule has 1 aromatic carbocycles. The Kier molecular flexibility index (Phi) is 4.37. The second kappa shape index (κ2) is 6.02. The molecule has 1 heterocycles. The number of thiocarbonyl (C=S) groups is 1. The number of hydrogen-bond donors (Lipinski definition) is 2. The van der Waals surface area contributed by atoms with Gasteiger partial charge in [0.2, 0.25) is 5.91 Å². The van der Waals surface area contributed by atoms with Crippen molar-refractivity contribution in [3.63, 3.8) is 0 Å². The minimum absolute atomic E-state index is 0.279. The third-order valence-electron chi connectivity index (χ3n) is 3.39. The van der Waals surface area contributed by atoms with E-state index in [0.717, 1.165) is 31.5 Å². The molecule has 1 fully saturated rings. The summed E-state index contributed by atoms with van der Waals surface area (Å²) in [5.41, 5.74) is 7.57. The van der Waals surface area contributed by atoms with Crippen LogP contribution in [-0.4, -0.2) is 28.5 Å². The molecule has 0 bridgehead atoms. The molecule has 1 amide bonds. The molecule has 5 heteroatoms. The van der Waals surface area contributed by atoms with Crippen LogP contribution in [0.3, 0.4) is 0 Å². The zero-order chi connectivity index (χ0) is 13.8. The van der Waals surface area contributed by atoms with Crippen molar-refractivity contribution in [2.24, 2.45) is 5.73 Å². The normalized spacial score (nSPS) is 19.0. The second-order valence-corrected chi connectivity index (χ2v) is 5.29. The predicted molar refractivity (Wildman–Crippen MR) is 80.9 cm³/mol. The van der Waals surface area contributed by atoms with E-state index in [0.29, 0.717) is 5.11 Å². The number of benzene rings is 1. The molecule has 0 aliphatic carbocycles. The largest absolute Gasteiger partial charge is 0.368 e. The molecule has 0 aromatic heterocycles. The van der Waals surface area contributed by atoms with Crippen LogP contribution in [0.15, 0.2) is 24.3 Å². The van der Waals surface area contributed by atoms with Crippen molar-refractivity contribution in [3.05, 3.63) is 29.8 Å². The Morgan fingerprint density at radius 2 is 2.05 bits per heavy atom. The maximum atomic E-state index is 11.5. The van der Waals surface area contributed by atoms with Crippen LogP contribution in [0.1, 0.15) is 24.8 Å². The quantitative estimate of drug-likeness (QED) is 0.812. The number of hydrogen-bond acceptors (Lipinski definition) is 2. The number of nitrogens with one attached hydrogen (secondary N) is 1. The van der Waals surface area contributed by atoms with Crippen molar-refractivity contribution < 1.29 is 4.79 Å². The molecule has 1 aliphatic heterocycles. The summed E-state index contributed by atoms with van der Waals surface area (Å²) in [7, 11) is 0. The summed E-state index contributed by atoms with van der Waals surface area (Å²) in [6.07, 6.45) is 2.85. The van der Waals surface area contributed by atoms with Crippen molar-refractivity contribution in [1.82, 2.24) is 4.90 Å². The molecule has 0 radical (unpaired) electrons. The average Bonchev–Trinajstić information content (AvgIpc) is 2.41. The fraction of sp³-hybridized carbons (Fsp3) is 0.429. The van der Waals surface area contributed by atoms with Gasteiger partial charge < -0.3 is 16.0 Å². The highest BCUT2D eigenvalue weighted by molar-refractivity contribution is 7.80. The van der Waals surface area contributed by atoms with Crippen LogP contribution in [0.5, 0.6) is 0 Å². The number of nitrogens with zero attached hydrogens (tertiary/aromatic N) is 1. The van der Waals surface area contributed by atoms with Crippen LogP contribution >= 0.6 is 12.2 Å². The summed E-state index contributed by atoms with van der Waals surface area (Å²) in [5.74, 6) is -0.298. The minimum atomic E-state index is -0.298. The van der Waals surface area contributed by atoms with Crippen LogP contribution in [0.2, 0.25) is 0 Å². The Morgan fingerprint density at radius 3 is 2.68 bits per heavy atom. The van der Waals surface area contributed by atoms with Gasteiger partial charge >= 0.3 is 0 Å². The van der Waals surface area contributed by atoms with Crippen LogP contribution in [0.25, 0.3) is 0 Å². The molecule has 3 N–H and O–H groups in total. The summed E-state index contributed by atoms with van der Waals surface area (Å²) in [6.45, 7) is 2.82. The van der Waals surface area contributed by atoms with Crippen LogP contribution in [-0.2, 0) is 4.79 Å². The van der Waals surface area contributed by atoms with Gasteiger partial charge in [0.05, 0.1) is 0 Å². The number of piperidine rings is 1. The lowest BCUT2D eigenvalue weighted by Crippen LogP contribution is -2.51. The van der Waals surface area contributed by atoms with Crippen LogP contribution in [0.4, 0.5) is 5.69 Å². The smallest absolute Gasteiger partial charge is 0.240 e. The lowest BCUT2D eigenvalue weighted by molar-refractivity contribution is -0.122. The zero-order valence-electron chi connectivity index (χ0n) is 11.1. The highest BCUT2D eigenvalue weighted by Gasteiger charge is 2.28. The van der Waals surface area contributed by atoms with E-state index in [-0.39, 0.29) is 11.9 Å². The van der Waals surface area contributed by atoms with Gasteiger partial charge in [0, 0.05) is 12.2 Å². The monoisotopic (exact) mass is 277 g/mol. The first-order chi connectivity index (χ1) is 9.08. The Bertz CT molecular complexity index is 472. The molecule has 1 atom stereocenters. The van der Waals surface area contributed by atoms with E-state index >= 15 is 0 Å². The Balaban J connectivity index is 2.05. The van der Waals surface area contributed by atoms with Gasteiger partial charge in [-0.25, -0.2) is 0 Å². The van der Waals surface area contributed by atoms with Crippen molar-refractivity contribution in [1.29, 1.82) is 0 Å². The van der Waals surface area contributed by atoms with E-state index in [1.807, 2.05) is 36.1 Å². The first-order valence-corrected chi connectivity index (χ1v) is 6.92. The molecule has 1 saturated heterocycles. The van der Waals surface area contributed by atoms with Crippen molar-refractivity contribution in [2.75, 3.05) is 11.9 Å². The molecule has 2 rings (SSSR count). The van der Waals surface area contributed by atoms with E-state index in [9.17, 15) is 4.79 Å². The summed E-state index contributed by atoms with van der Waals surface area (Å²) in [5, 5.41) is 3.75. The number of carbonyl (C=O) groups is 1. The number of rotatable bonds is 2.